The highest BCUT2D eigenvalue weighted by molar-refractivity contribution is 9.10. The highest BCUT2D eigenvalue weighted by Crippen LogP contribution is 2.17. The van der Waals surface area contributed by atoms with Crippen molar-refractivity contribution in [1.29, 1.82) is 0 Å². The van der Waals surface area contributed by atoms with E-state index in [1.807, 2.05) is 0 Å². The standard InChI is InChI=1S/C8H10BrN3O4S/c1-5-3-6(4-10-7(5)9)11-17(14,15)12-8(13)16-2/h3-4,11H,1-2H3,(H,12,13). The minimum Gasteiger partial charge on any atom is -0.452 e. The van der Waals surface area contributed by atoms with Crippen LogP contribution >= 0.6 is 15.9 Å². The summed E-state index contributed by atoms with van der Waals surface area (Å²) in [5.74, 6) is 0. The van der Waals surface area contributed by atoms with Gasteiger partial charge in [-0.15, -0.1) is 0 Å². The second kappa shape index (κ2) is 5.32. The molecule has 9 heteroatoms. The molecule has 7 nitrogen and oxygen atoms in total. The number of nitrogens with zero attached hydrogens (tertiary/aromatic N) is 1. The lowest BCUT2D eigenvalue weighted by molar-refractivity contribution is 0.177. The summed E-state index contributed by atoms with van der Waals surface area (Å²) in [6.45, 7) is 1.75. The molecule has 94 valence electrons. The third kappa shape index (κ3) is 4.19. The van der Waals surface area contributed by atoms with Gasteiger partial charge in [-0.3, -0.25) is 4.72 Å². The van der Waals surface area contributed by atoms with Crippen molar-refractivity contribution < 1.29 is 17.9 Å². The third-order valence-electron chi connectivity index (χ3n) is 1.67. The number of methoxy groups -OCH3 is 1. The lowest BCUT2D eigenvalue weighted by atomic mass is 10.3. The summed E-state index contributed by atoms with van der Waals surface area (Å²) < 4.78 is 31.4. The number of pyridine rings is 1. The number of carbonyl (C=O) groups excluding carboxylic acids is 1. The first-order chi connectivity index (χ1) is 7.84. The Bertz CT molecular complexity index is 532. The number of carbonyl (C=O) groups is 1. The minimum atomic E-state index is -4.01. The van der Waals surface area contributed by atoms with Gasteiger partial charge in [0, 0.05) is 0 Å². The van der Waals surface area contributed by atoms with E-state index < -0.39 is 16.3 Å². The molecular weight excluding hydrogens is 314 g/mol. The number of hydrogen-bond donors (Lipinski definition) is 2. The van der Waals surface area contributed by atoms with Crippen LogP contribution in [0.5, 0.6) is 0 Å². The van der Waals surface area contributed by atoms with Crippen LogP contribution in [-0.4, -0.2) is 26.6 Å². The molecule has 1 amide bonds. The van der Waals surface area contributed by atoms with E-state index in [0.29, 0.717) is 4.60 Å². The fraction of sp³-hybridized carbons (Fsp3) is 0.250. The number of nitrogens with one attached hydrogen (secondary N) is 2. The average Bonchev–Trinajstić information content (AvgIpc) is 2.22. The van der Waals surface area contributed by atoms with Gasteiger partial charge in [0.05, 0.1) is 19.0 Å². The van der Waals surface area contributed by atoms with Crippen LogP contribution in [0.3, 0.4) is 0 Å². The first kappa shape index (κ1) is 13.7. The maximum Gasteiger partial charge on any atom is 0.422 e. The first-order valence-corrected chi connectivity index (χ1v) is 6.62. The van der Waals surface area contributed by atoms with Gasteiger partial charge in [-0.1, -0.05) is 0 Å². The van der Waals surface area contributed by atoms with Gasteiger partial charge in [-0.2, -0.15) is 8.42 Å². The van der Waals surface area contributed by atoms with E-state index >= 15 is 0 Å². The first-order valence-electron chi connectivity index (χ1n) is 4.34. The number of rotatable bonds is 3. The molecule has 0 spiro atoms. The van der Waals surface area contributed by atoms with Crippen LogP contribution in [0.4, 0.5) is 10.5 Å². The van der Waals surface area contributed by atoms with Crippen molar-refractivity contribution >= 4 is 37.9 Å². The van der Waals surface area contributed by atoms with Gasteiger partial charge < -0.3 is 4.74 Å². The number of anilines is 1. The summed E-state index contributed by atoms with van der Waals surface area (Å²) in [5.41, 5.74) is 0.991. The Morgan fingerprint density at radius 2 is 2.18 bits per heavy atom. The second-order valence-corrected chi connectivity index (χ2v) is 5.20. The van der Waals surface area contributed by atoms with Crippen LogP contribution in [0.25, 0.3) is 0 Å². The van der Waals surface area contributed by atoms with Crippen molar-refractivity contribution in [3.05, 3.63) is 22.4 Å². The summed E-state index contributed by atoms with van der Waals surface area (Å²) in [5, 5.41) is 0. The lowest BCUT2D eigenvalue weighted by Gasteiger charge is -2.08. The fourth-order valence-electron chi connectivity index (χ4n) is 0.946. The molecule has 0 atom stereocenters. The highest BCUT2D eigenvalue weighted by atomic mass is 79.9. The van der Waals surface area contributed by atoms with E-state index in [1.165, 1.54) is 6.20 Å². The zero-order chi connectivity index (χ0) is 13.1. The van der Waals surface area contributed by atoms with Crippen LogP contribution in [0.15, 0.2) is 16.9 Å². The zero-order valence-corrected chi connectivity index (χ0v) is 11.4. The molecule has 0 unspecified atom stereocenters. The van der Waals surface area contributed by atoms with Gasteiger partial charge in [0.15, 0.2) is 0 Å². The fourth-order valence-corrected chi connectivity index (χ4v) is 1.94. The van der Waals surface area contributed by atoms with E-state index in [9.17, 15) is 13.2 Å². The van der Waals surface area contributed by atoms with E-state index in [4.69, 9.17) is 0 Å². The monoisotopic (exact) mass is 323 g/mol. The molecular formula is C8H10BrN3O4S. The molecule has 1 heterocycles. The number of hydrogen-bond acceptors (Lipinski definition) is 5. The molecule has 0 aliphatic rings. The molecule has 0 fully saturated rings. The number of aromatic nitrogens is 1. The molecule has 0 bridgehead atoms. The quantitative estimate of drug-likeness (QED) is 0.813. The van der Waals surface area contributed by atoms with Crippen LogP contribution in [0.1, 0.15) is 5.56 Å². The Kier molecular flexibility index (Phi) is 4.29. The van der Waals surface area contributed by atoms with Crippen LogP contribution < -0.4 is 9.44 Å². The van der Waals surface area contributed by atoms with Gasteiger partial charge in [0.25, 0.3) is 0 Å². The lowest BCUT2D eigenvalue weighted by Crippen LogP contribution is -2.35. The molecule has 0 radical (unpaired) electrons. The molecule has 0 saturated carbocycles. The van der Waals surface area contributed by atoms with Crippen molar-refractivity contribution in [2.75, 3.05) is 11.8 Å². The summed E-state index contributed by atoms with van der Waals surface area (Å²) in [7, 11) is -2.94. The second-order valence-electron chi connectivity index (χ2n) is 3.03. The minimum absolute atomic E-state index is 0.238. The predicted molar refractivity (Wildman–Crippen MR) is 64.8 cm³/mol. The predicted octanol–water partition coefficient (Wildman–Crippen LogP) is 1.17. The van der Waals surface area contributed by atoms with Crippen LogP contribution in [-0.2, 0) is 14.9 Å². The summed E-state index contributed by atoms with van der Waals surface area (Å²) in [6, 6.07) is 1.56. The van der Waals surface area contributed by atoms with E-state index in [-0.39, 0.29) is 5.69 Å². The maximum atomic E-state index is 11.4. The maximum absolute atomic E-state index is 11.4. The molecule has 17 heavy (non-hydrogen) atoms. The van der Waals surface area contributed by atoms with Crippen molar-refractivity contribution in [3.63, 3.8) is 0 Å². The van der Waals surface area contributed by atoms with Crippen molar-refractivity contribution in [1.82, 2.24) is 9.71 Å². The van der Waals surface area contributed by atoms with Crippen LogP contribution in [0, 0.1) is 6.92 Å². The molecule has 2 N–H and O–H groups in total. The Hall–Kier alpha value is -1.35. The molecule has 0 aliphatic heterocycles. The van der Waals surface area contributed by atoms with Crippen molar-refractivity contribution in [3.8, 4) is 0 Å². The Morgan fingerprint density at radius 1 is 1.53 bits per heavy atom. The molecule has 0 aromatic carbocycles. The zero-order valence-electron chi connectivity index (χ0n) is 9.02. The third-order valence-corrected chi connectivity index (χ3v) is 3.44. The SMILES string of the molecule is COC(=O)NS(=O)(=O)Nc1cnc(Br)c(C)c1. The van der Waals surface area contributed by atoms with Gasteiger partial charge in [0.1, 0.15) is 4.60 Å². The Labute approximate surface area is 107 Å². The van der Waals surface area contributed by atoms with Crippen molar-refractivity contribution in [2.24, 2.45) is 0 Å². The van der Waals surface area contributed by atoms with E-state index in [2.05, 4.69) is 30.4 Å². The number of halogens is 1. The van der Waals surface area contributed by atoms with E-state index in [0.717, 1.165) is 12.7 Å². The van der Waals surface area contributed by atoms with Crippen LogP contribution in [0.2, 0.25) is 0 Å². The topological polar surface area (TPSA) is 97.4 Å². The van der Waals surface area contributed by atoms with Crippen molar-refractivity contribution in [2.45, 2.75) is 6.92 Å². The van der Waals surface area contributed by atoms with Gasteiger partial charge >= 0.3 is 16.3 Å². The smallest absolute Gasteiger partial charge is 0.422 e. The molecule has 0 saturated heterocycles. The average molecular weight is 324 g/mol. The molecule has 0 aliphatic carbocycles. The highest BCUT2D eigenvalue weighted by Gasteiger charge is 2.14. The molecule has 1 aromatic heterocycles. The number of ether oxygens (including phenoxy) is 1. The van der Waals surface area contributed by atoms with Gasteiger partial charge in [-0.05, 0) is 34.5 Å². The summed E-state index contributed by atoms with van der Waals surface area (Å²) in [4.78, 5) is 14.7. The van der Waals surface area contributed by atoms with Gasteiger partial charge in [0.2, 0.25) is 0 Å². The van der Waals surface area contributed by atoms with E-state index in [1.54, 1.807) is 17.7 Å². The Balaban J connectivity index is 2.83. The number of amides is 1. The largest absolute Gasteiger partial charge is 0.452 e. The number of aryl methyl sites for hydroxylation is 1. The summed E-state index contributed by atoms with van der Waals surface area (Å²) >= 11 is 3.18. The molecule has 1 rings (SSSR count). The molecule has 1 aromatic rings. The summed E-state index contributed by atoms with van der Waals surface area (Å²) in [6.07, 6.45) is 0.243. The normalized spacial score (nSPS) is 10.8. The van der Waals surface area contributed by atoms with Gasteiger partial charge in [-0.25, -0.2) is 14.5 Å². The Morgan fingerprint density at radius 3 is 2.71 bits per heavy atom.